The number of amides is 1. The van der Waals surface area contributed by atoms with Crippen LogP contribution in [-0.2, 0) is 4.74 Å². The number of hydrazine groups is 1. The molecule has 4 N–H and O–H groups in total. The highest BCUT2D eigenvalue weighted by molar-refractivity contribution is 5.67. The Labute approximate surface area is 83.2 Å². The van der Waals surface area contributed by atoms with Gasteiger partial charge in [-0.25, -0.2) is 15.6 Å². The van der Waals surface area contributed by atoms with Gasteiger partial charge in [-0.2, -0.15) is 0 Å². The molecule has 0 aromatic carbocycles. The molecular weight excluding hydrogens is 188 g/mol. The maximum absolute atomic E-state index is 11.2. The van der Waals surface area contributed by atoms with Crippen molar-refractivity contribution in [3.05, 3.63) is 0 Å². The summed E-state index contributed by atoms with van der Waals surface area (Å²) in [5, 5.41) is 18.6. The van der Waals surface area contributed by atoms with Crippen LogP contribution in [0, 0.1) is 0 Å². The van der Waals surface area contributed by atoms with Crippen molar-refractivity contribution in [1.29, 1.82) is 0 Å². The van der Waals surface area contributed by atoms with Gasteiger partial charge in [-0.3, -0.25) is 0 Å². The lowest BCUT2D eigenvalue weighted by atomic mass is 10.2. The third-order valence-corrected chi connectivity index (χ3v) is 1.32. The smallest absolute Gasteiger partial charge is 0.427 e. The molecular formula is C8H18N2O4. The zero-order valence-corrected chi connectivity index (χ0v) is 8.89. The van der Waals surface area contributed by atoms with E-state index < -0.39 is 24.0 Å². The molecule has 84 valence electrons. The van der Waals surface area contributed by atoms with Gasteiger partial charge in [-0.15, -0.1) is 0 Å². The monoisotopic (exact) mass is 206 g/mol. The molecule has 0 rings (SSSR count). The molecule has 0 spiro atoms. The van der Waals surface area contributed by atoms with Crippen LogP contribution >= 0.6 is 0 Å². The molecule has 0 radical (unpaired) electrons. The summed E-state index contributed by atoms with van der Waals surface area (Å²) in [6.45, 7) is 6.34. The van der Waals surface area contributed by atoms with Crippen LogP contribution in [0.25, 0.3) is 0 Å². The van der Waals surface area contributed by atoms with Crippen LogP contribution in [0.3, 0.4) is 0 Å². The number of carbonyl (C=O) groups excluding carboxylic acids is 1. The third-order valence-electron chi connectivity index (χ3n) is 1.32. The Hall–Kier alpha value is -0.850. The first kappa shape index (κ1) is 13.2. The zero-order valence-electron chi connectivity index (χ0n) is 8.89. The molecule has 14 heavy (non-hydrogen) atoms. The molecule has 0 aliphatic carbocycles. The molecule has 0 heterocycles. The van der Waals surface area contributed by atoms with Crippen LogP contribution < -0.4 is 5.84 Å². The van der Waals surface area contributed by atoms with Crippen LogP contribution in [0.1, 0.15) is 27.7 Å². The van der Waals surface area contributed by atoms with Crippen molar-refractivity contribution in [3.63, 3.8) is 0 Å². The van der Waals surface area contributed by atoms with Gasteiger partial charge in [0.05, 0.1) is 6.10 Å². The van der Waals surface area contributed by atoms with Gasteiger partial charge in [0.15, 0.2) is 6.23 Å². The zero-order chi connectivity index (χ0) is 11.5. The van der Waals surface area contributed by atoms with E-state index >= 15 is 0 Å². The number of nitrogens with two attached hydrogens (primary N) is 1. The molecule has 0 bridgehead atoms. The van der Waals surface area contributed by atoms with Gasteiger partial charge in [0.25, 0.3) is 0 Å². The van der Waals surface area contributed by atoms with Crippen LogP contribution in [0.15, 0.2) is 0 Å². The maximum Gasteiger partial charge on any atom is 0.427 e. The summed E-state index contributed by atoms with van der Waals surface area (Å²) in [6.07, 6.45) is -3.48. The lowest BCUT2D eigenvalue weighted by molar-refractivity contribution is -0.0809. The van der Waals surface area contributed by atoms with E-state index in [9.17, 15) is 9.90 Å². The number of carbonyl (C=O) groups is 1. The van der Waals surface area contributed by atoms with Crippen molar-refractivity contribution < 1.29 is 19.7 Å². The summed E-state index contributed by atoms with van der Waals surface area (Å²) < 4.78 is 4.86. The summed E-state index contributed by atoms with van der Waals surface area (Å²) in [5.74, 6) is 5.22. The molecule has 0 aromatic heterocycles. The van der Waals surface area contributed by atoms with Gasteiger partial charge >= 0.3 is 6.09 Å². The Balaban J connectivity index is 4.26. The van der Waals surface area contributed by atoms with E-state index in [2.05, 4.69) is 0 Å². The summed E-state index contributed by atoms with van der Waals surface area (Å²) >= 11 is 0. The largest absolute Gasteiger partial charge is 0.443 e. The van der Waals surface area contributed by atoms with E-state index in [0.717, 1.165) is 0 Å². The Morgan fingerprint density at radius 1 is 1.43 bits per heavy atom. The minimum absolute atomic E-state index is 0.454. The molecule has 1 amide bonds. The Bertz CT molecular complexity index is 200. The first-order chi connectivity index (χ1) is 6.15. The van der Waals surface area contributed by atoms with Crippen molar-refractivity contribution in [2.75, 3.05) is 0 Å². The highest BCUT2D eigenvalue weighted by Gasteiger charge is 2.27. The number of ether oxygens (including phenoxy) is 1. The van der Waals surface area contributed by atoms with Crippen molar-refractivity contribution in [2.45, 2.75) is 45.6 Å². The fourth-order valence-corrected chi connectivity index (χ4v) is 0.655. The second-order valence-electron chi connectivity index (χ2n) is 4.04. The summed E-state index contributed by atoms with van der Waals surface area (Å²) in [4.78, 5) is 11.2. The third kappa shape index (κ3) is 4.40. The Kier molecular flexibility index (Phi) is 4.31. The van der Waals surface area contributed by atoms with Gasteiger partial charge in [-0.1, -0.05) is 0 Å². The number of nitrogens with zero attached hydrogens (tertiary/aromatic N) is 1. The molecule has 0 saturated carbocycles. The lowest BCUT2D eigenvalue weighted by Crippen LogP contribution is -2.52. The minimum Gasteiger partial charge on any atom is -0.443 e. The summed E-state index contributed by atoms with van der Waals surface area (Å²) in [6, 6.07) is 0. The molecule has 0 aliphatic heterocycles. The van der Waals surface area contributed by atoms with E-state index in [1.54, 1.807) is 20.8 Å². The average Bonchev–Trinajstić information content (AvgIpc) is 1.98. The van der Waals surface area contributed by atoms with Crippen molar-refractivity contribution in [2.24, 2.45) is 5.84 Å². The van der Waals surface area contributed by atoms with Crippen molar-refractivity contribution >= 4 is 6.09 Å². The molecule has 6 nitrogen and oxygen atoms in total. The van der Waals surface area contributed by atoms with Crippen LogP contribution in [-0.4, -0.2) is 39.2 Å². The van der Waals surface area contributed by atoms with Crippen LogP contribution in [0.5, 0.6) is 0 Å². The SMILES string of the molecule is C[C@@H](O)[C@@H](O)N(N)C(=O)OC(C)(C)C. The topological polar surface area (TPSA) is 96.0 Å². The highest BCUT2D eigenvalue weighted by Crippen LogP contribution is 2.09. The first-order valence-electron chi connectivity index (χ1n) is 4.28. The molecule has 2 atom stereocenters. The Morgan fingerprint density at radius 2 is 1.86 bits per heavy atom. The van der Waals surface area contributed by atoms with Gasteiger partial charge < -0.3 is 14.9 Å². The van der Waals surface area contributed by atoms with Crippen molar-refractivity contribution in [1.82, 2.24) is 5.01 Å². The molecule has 0 saturated heterocycles. The molecule has 0 aromatic rings. The van der Waals surface area contributed by atoms with E-state index in [1.165, 1.54) is 6.92 Å². The quantitative estimate of drug-likeness (QED) is 0.251. The van der Waals surface area contributed by atoms with E-state index in [-0.39, 0.29) is 0 Å². The molecule has 0 fully saturated rings. The van der Waals surface area contributed by atoms with Gasteiger partial charge in [0.2, 0.25) is 0 Å². The molecule has 0 unspecified atom stereocenters. The standard InChI is InChI=1S/C8H18N2O4/c1-5(11)6(12)10(9)7(13)14-8(2,3)4/h5-6,11-12H,9H2,1-4H3/t5-,6-/m1/s1. The van der Waals surface area contributed by atoms with E-state index in [4.69, 9.17) is 15.7 Å². The van der Waals surface area contributed by atoms with Gasteiger partial charge in [0, 0.05) is 0 Å². The van der Waals surface area contributed by atoms with Crippen LogP contribution in [0.4, 0.5) is 4.79 Å². The van der Waals surface area contributed by atoms with Gasteiger partial charge in [-0.05, 0) is 27.7 Å². The highest BCUT2D eigenvalue weighted by atomic mass is 16.6. The van der Waals surface area contributed by atoms with Crippen molar-refractivity contribution in [3.8, 4) is 0 Å². The Morgan fingerprint density at radius 3 is 2.14 bits per heavy atom. The maximum atomic E-state index is 11.2. The second kappa shape index (κ2) is 4.59. The molecule has 0 aliphatic rings. The molecule has 6 heteroatoms. The van der Waals surface area contributed by atoms with Gasteiger partial charge in [0.1, 0.15) is 5.60 Å². The average molecular weight is 206 g/mol. The fourth-order valence-electron chi connectivity index (χ4n) is 0.655. The fraction of sp³-hybridized carbons (Fsp3) is 0.875. The number of hydrogen-bond donors (Lipinski definition) is 3. The number of aliphatic hydroxyl groups excluding tert-OH is 2. The number of rotatable bonds is 2. The summed E-state index contributed by atoms with van der Waals surface area (Å²) in [5.41, 5.74) is -0.687. The predicted octanol–water partition coefficient (Wildman–Crippen LogP) is -0.204. The van der Waals surface area contributed by atoms with E-state index in [1.807, 2.05) is 0 Å². The normalized spacial score (nSPS) is 15.9. The van der Waals surface area contributed by atoms with Crippen LogP contribution in [0.2, 0.25) is 0 Å². The van der Waals surface area contributed by atoms with E-state index in [0.29, 0.717) is 5.01 Å². The summed E-state index contributed by atoms with van der Waals surface area (Å²) in [7, 11) is 0. The number of hydrogen-bond acceptors (Lipinski definition) is 5. The first-order valence-corrected chi connectivity index (χ1v) is 4.28. The minimum atomic E-state index is -1.47. The predicted molar refractivity (Wildman–Crippen MR) is 49.9 cm³/mol. The lowest BCUT2D eigenvalue weighted by Gasteiger charge is -2.28. The number of aliphatic hydroxyl groups is 2. The second-order valence-corrected chi connectivity index (χ2v) is 4.04.